The van der Waals surface area contributed by atoms with E-state index in [-0.39, 0.29) is 0 Å². The predicted octanol–water partition coefficient (Wildman–Crippen LogP) is 4.11. The molecule has 0 saturated heterocycles. The van der Waals surface area contributed by atoms with Gasteiger partial charge in [-0.3, -0.25) is 0 Å². The van der Waals surface area contributed by atoms with Crippen LogP contribution >= 0.6 is 11.8 Å². The Hall–Kier alpha value is -0.470. The average molecular weight is 251 g/mol. The van der Waals surface area contributed by atoms with E-state index in [0.29, 0.717) is 11.3 Å². The van der Waals surface area contributed by atoms with Crippen molar-refractivity contribution in [2.45, 2.75) is 38.5 Å². The van der Waals surface area contributed by atoms with E-state index >= 15 is 0 Å². The highest BCUT2D eigenvalue weighted by molar-refractivity contribution is 7.99. The lowest BCUT2D eigenvalue weighted by molar-refractivity contribution is 0.432. The van der Waals surface area contributed by atoms with Crippen LogP contribution in [0.3, 0.4) is 0 Å². The molecule has 2 unspecified atom stereocenters. The van der Waals surface area contributed by atoms with Crippen molar-refractivity contribution >= 4 is 11.8 Å². The summed E-state index contributed by atoms with van der Waals surface area (Å²) in [6, 6.07) is 11.3. The first kappa shape index (κ1) is 14.6. The first-order valence-corrected chi connectivity index (χ1v) is 7.73. The standard InChI is InChI=1S/C15H25NS/c1-12(2)10-15(16-11-13(3)17-4)14-8-6-5-7-9-14/h5-9,12-13,15-16H,10-11H2,1-4H3. The normalized spacial score (nSPS) is 14.9. The number of hydrogen-bond acceptors (Lipinski definition) is 2. The second-order valence-corrected chi connectivity index (χ2v) is 6.32. The summed E-state index contributed by atoms with van der Waals surface area (Å²) in [7, 11) is 0. The Bertz CT molecular complexity index is 297. The van der Waals surface area contributed by atoms with Gasteiger partial charge >= 0.3 is 0 Å². The van der Waals surface area contributed by atoms with E-state index < -0.39 is 0 Å². The summed E-state index contributed by atoms with van der Waals surface area (Å²) in [5.74, 6) is 0.720. The molecule has 2 atom stereocenters. The molecule has 0 bridgehead atoms. The van der Waals surface area contributed by atoms with E-state index in [9.17, 15) is 0 Å². The van der Waals surface area contributed by atoms with E-state index in [1.54, 1.807) is 0 Å². The maximum atomic E-state index is 3.70. The lowest BCUT2D eigenvalue weighted by Crippen LogP contribution is -2.28. The summed E-state index contributed by atoms with van der Waals surface area (Å²) in [6.45, 7) is 7.92. The fourth-order valence-electron chi connectivity index (χ4n) is 1.89. The van der Waals surface area contributed by atoms with Gasteiger partial charge in [0.05, 0.1) is 0 Å². The van der Waals surface area contributed by atoms with Gasteiger partial charge in [-0.05, 0) is 24.2 Å². The molecule has 1 N–H and O–H groups in total. The number of nitrogens with one attached hydrogen (secondary N) is 1. The molecule has 0 spiro atoms. The highest BCUT2D eigenvalue weighted by Gasteiger charge is 2.13. The van der Waals surface area contributed by atoms with E-state index in [0.717, 1.165) is 12.5 Å². The van der Waals surface area contributed by atoms with Crippen LogP contribution in [-0.2, 0) is 0 Å². The van der Waals surface area contributed by atoms with Crippen molar-refractivity contribution in [2.24, 2.45) is 5.92 Å². The highest BCUT2D eigenvalue weighted by atomic mass is 32.2. The van der Waals surface area contributed by atoms with E-state index in [4.69, 9.17) is 0 Å². The molecule has 1 rings (SSSR count). The summed E-state index contributed by atoms with van der Waals surface area (Å²) in [6.07, 6.45) is 3.37. The summed E-state index contributed by atoms with van der Waals surface area (Å²) in [5, 5.41) is 4.37. The quantitative estimate of drug-likeness (QED) is 0.782. The van der Waals surface area contributed by atoms with Crippen molar-refractivity contribution in [3.63, 3.8) is 0 Å². The minimum absolute atomic E-state index is 0.491. The average Bonchev–Trinajstić information content (AvgIpc) is 2.34. The van der Waals surface area contributed by atoms with Crippen LogP contribution in [0, 0.1) is 5.92 Å². The van der Waals surface area contributed by atoms with Gasteiger partial charge in [-0.2, -0.15) is 11.8 Å². The monoisotopic (exact) mass is 251 g/mol. The van der Waals surface area contributed by atoms with Gasteiger partial charge in [-0.15, -0.1) is 0 Å². The SMILES string of the molecule is CSC(C)CNC(CC(C)C)c1ccccc1. The molecule has 1 aromatic rings. The van der Waals surface area contributed by atoms with Crippen LogP contribution in [0.2, 0.25) is 0 Å². The molecule has 0 aliphatic rings. The van der Waals surface area contributed by atoms with Crippen molar-refractivity contribution in [3.8, 4) is 0 Å². The summed E-state index contributed by atoms with van der Waals surface area (Å²) in [5.41, 5.74) is 1.41. The zero-order valence-electron chi connectivity index (χ0n) is 11.4. The first-order valence-electron chi connectivity index (χ1n) is 6.44. The largest absolute Gasteiger partial charge is 0.309 e. The first-order chi connectivity index (χ1) is 8.13. The van der Waals surface area contributed by atoms with E-state index in [1.807, 2.05) is 11.8 Å². The fourth-order valence-corrected chi connectivity index (χ4v) is 2.15. The number of thioether (sulfide) groups is 1. The fraction of sp³-hybridized carbons (Fsp3) is 0.600. The van der Waals surface area contributed by atoms with Crippen molar-refractivity contribution in [1.82, 2.24) is 5.32 Å². The summed E-state index contributed by atoms with van der Waals surface area (Å²) < 4.78 is 0. The van der Waals surface area contributed by atoms with Gasteiger partial charge < -0.3 is 5.32 Å². The molecule has 0 heterocycles. The third-order valence-electron chi connectivity index (χ3n) is 2.96. The Morgan fingerprint density at radius 3 is 2.29 bits per heavy atom. The smallest absolute Gasteiger partial charge is 0.0323 e. The molecule has 0 fully saturated rings. The molecule has 0 amide bonds. The molecule has 0 radical (unpaired) electrons. The molecule has 0 aliphatic carbocycles. The maximum absolute atomic E-state index is 3.70. The van der Waals surface area contributed by atoms with Gasteiger partial charge in [0, 0.05) is 17.8 Å². The van der Waals surface area contributed by atoms with Gasteiger partial charge in [0.1, 0.15) is 0 Å². The Morgan fingerprint density at radius 1 is 1.12 bits per heavy atom. The third-order valence-corrected chi connectivity index (χ3v) is 3.93. The van der Waals surface area contributed by atoms with Crippen LogP contribution in [0.15, 0.2) is 30.3 Å². The van der Waals surface area contributed by atoms with E-state index in [2.05, 4.69) is 62.7 Å². The minimum Gasteiger partial charge on any atom is -0.309 e. The number of benzene rings is 1. The highest BCUT2D eigenvalue weighted by Crippen LogP contribution is 2.21. The Morgan fingerprint density at radius 2 is 1.76 bits per heavy atom. The number of hydrogen-bond donors (Lipinski definition) is 1. The second kappa shape index (κ2) is 7.78. The van der Waals surface area contributed by atoms with Crippen molar-refractivity contribution in [3.05, 3.63) is 35.9 Å². The lowest BCUT2D eigenvalue weighted by Gasteiger charge is -2.22. The van der Waals surface area contributed by atoms with Gasteiger partial charge in [-0.1, -0.05) is 51.1 Å². The van der Waals surface area contributed by atoms with Crippen LogP contribution in [0.1, 0.15) is 38.8 Å². The van der Waals surface area contributed by atoms with Gasteiger partial charge in [0.2, 0.25) is 0 Å². The molecular formula is C15H25NS. The van der Waals surface area contributed by atoms with Crippen LogP contribution in [-0.4, -0.2) is 18.1 Å². The molecule has 2 heteroatoms. The Labute approximate surface area is 110 Å². The molecule has 1 aromatic carbocycles. The lowest BCUT2D eigenvalue weighted by atomic mass is 9.97. The topological polar surface area (TPSA) is 12.0 Å². The molecule has 1 nitrogen and oxygen atoms in total. The number of rotatable bonds is 7. The second-order valence-electron chi connectivity index (χ2n) is 5.05. The Kier molecular flexibility index (Phi) is 6.68. The summed E-state index contributed by atoms with van der Waals surface area (Å²) in [4.78, 5) is 0. The van der Waals surface area contributed by atoms with Gasteiger partial charge in [0.25, 0.3) is 0 Å². The molecule has 0 saturated carbocycles. The molecular weight excluding hydrogens is 226 g/mol. The van der Waals surface area contributed by atoms with Crippen LogP contribution in [0.5, 0.6) is 0 Å². The van der Waals surface area contributed by atoms with Crippen molar-refractivity contribution < 1.29 is 0 Å². The maximum Gasteiger partial charge on any atom is 0.0323 e. The third kappa shape index (κ3) is 5.60. The van der Waals surface area contributed by atoms with E-state index in [1.165, 1.54) is 12.0 Å². The molecule has 17 heavy (non-hydrogen) atoms. The summed E-state index contributed by atoms with van der Waals surface area (Å²) >= 11 is 1.92. The zero-order valence-corrected chi connectivity index (χ0v) is 12.3. The molecule has 0 aliphatic heterocycles. The van der Waals surface area contributed by atoms with Crippen molar-refractivity contribution in [1.29, 1.82) is 0 Å². The van der Waals surface area contributed by atoms with Crippen LogP contribution < -0.4 is 5.32 Å². The van der Waals surface area contributed by atoms with Gasteiger partial charge in [-0.25, -0.2) is 0 Å². The van der Waals surface area contributed by atoms with Gasteiger partial charge in [0.15, 0.2) is 0 Å². The van der Waals surface area contributed by atoms with Crippen molar-refractivity contribution in [2.75, 3.05) is 12.8 Å². The predicted molar refractivity (Wildman–Crippen MR) is 79.6 cm³/mol. The van der Waals surface area contributed by atoms with Crippen LogP contribution in [0.25, 0.3) is 0 Å². The zero-order chi connectivity index (χ0) is 12.7. The molecule has 96 valence electrons. The minimum atomic E-state index is 0.491. The molecule has 0 aromatic heterocycles. The van der Waals surface area contributed by atoms with Crippen LogP contribution in [0.4, 0.5) is 0 Å². The Balaban J connectivity index is 2.61.